The van der Waals surface area contributed by atoms with Crippen molar-refractivity contribution >= 4 is 34.6 Å². The number of carbonyl (C=O) groups excluding carboxylic acids is 1. The number of hydrogen-bond donors (Lipinski definition) is 3. The molecule has 0 spiro atoms. The molecule has 1 unspecified atom stereocenters. The van der Waals surface area contributed by atoms with E-state index in [1.54, 1.807) is 0 Å². The first-order chi connectivity index (χ1) is 16.5. The standard InChI is InChI=1S/C28H29N5O/c1-4-25(21-8-6-5-7-9-21)28(34)33-24-16-14-23(15-17-24)32-27-18-26(29-20(3)30-27)31-22-12-10-19(2)11-13-22/h5-18,25H,4H2,1-3H3,(H,33,34)(H2,29,30,31,32). The normalized spacial score (nSPS) is 11.5. The van der Waals surface area contributed by atoms with Crippen LogP contribution in [0.4, 0.5) is 28.7 Å². The lowest BCUT2D eigenvalue weighted by Crippen LogP contribution is -2.20. The molecule has 0 saturated carbocycles. The van der Waals surface area contributed by atoms with Crippen molar-refractivity contribution in [2.75, 3.05) is 16.0 Å². The van der Waals surface area contributed by atoms with Crippen molar-refractivity contribution < 1.29 is 4.79 Å². The quantitative estimate of drug-likeness (QED) is 0.277. The van der Waals surface area contributed by atoms with Gasteiger partial charge in [0.25, 0.3) is 0 Å². The van der Waals surface area contributed by atoms with Crippen molar-refractivity contribution in [3.63, 3.8) is 0 Å². The van der Waals surface area contributed by atoms with Gasteiger partial charge in [-0.25, -0.2) is 9.97 Å². The number of aromatic nitrogens is 2. The van der Waals surface area contributed by atoms with E-state index >= 15 is 0 Å². The lowest BCUT2D eigenvalue weighted by Gasteiger charge is -2.16. The predicted molar refractivity (Wildman–Crippen MR) is 139 cm³/mol. The predicted octanol–water partition coefficient (Wildman–Crippen LogP) is 6.71. The van der Waals surface area contributed by atoms with Gasteiger partial charge in [-0.1, -0.05) is 55.0 Å². The van der Waals surface area contributed by atoms with Crippen molar-refractivity contribution in [2.45, 2.75) is 33.1 Å². The first kappa shape index (κ1) is 23.0. The van der Waals surface area contributed by atoms with E-state index in [2.05, 4.69) is 45.0 Å². The van der Waals surface area contributed by atoms with Gasteiger partial charge in [0.1, 0.15) is 17.5 Å². The molecule has 0 radical (unpaired) electrons. The van der Waals surface area contributed by atoms with Gasteiger partial charge in [-0.15, -0.1) is 0 Å². The van der Waals surface area contributed by atoms with Gasteiger partial charge in [0, 0.05) is 23.1 Å². The van der Waals surface area contributed by atoms with Crippen LogP contribution in [0.5, 0.6) is 0 Å². The maximum Gasteiger partial charge on any atom is 0.231 e. The maximum absolute atomic E-state index is 12.8. The van der Waals surface area contributed by atoms with Crippen LogP contribution < -0.4 is 16.0 Å². The molecule has 4 rings (SSSR count). The van der Waals surface area contributed by atoms with Crippen molar-refractivity contribution in [1.82, 2.24) is 9.97 Å². The molecule has 6 heteroatoms. The molecule has 34 heavy (non-hydrogen) atoms. The van der Waals surface area contributed by atoms with Crippen LogP contribution in [-0.2, 0) is 4.79 Å². The molecule has 0 fully saturated rings. The van der Waals surface area contributed by atoms with Gasteiger partial charge in [0.15, 0.2) is 0 Å². The average Bonchev–Trinajstić information content (AvgIpc) is 2.83. The molecule has 0 saturated heterocycles. The Labute approximate surface area is 200 Å². The van der Waals surface area contributed by atoms with Gasteiger partial charge in [-0.3, -0.25) is 4.79 Å². The molecule has 1 atom stereocenters. The number of nitrogens with one attached hydrogen (secondary N) is 3. The second kappa shape index (κ2) is 10.6. The SMILES string of the molecule is CCC(C(=O)Nc1ccc(Nc2cc(Nc3ccc(C)cc3)nc(C)n2)cc1)c1ccccc1. The zero-order valence-corrected chi connectivity index (χ0v) is 19.7. The van der Waals surface area contributed by atoms with Gasteiger partial charge >= 0.3 is 0 Å². The molecule has 3 N–H and O–H groups in total. The highest BCUT2D eigenvalue weighted by Gasteiger charge is 2.18. The number of hydrogen-bond acceptors (Lipinski definition) is 5. The van der Waals surface area contributed by atoms with Crippen LogP contribution in [0.2, 0.25) is 0 Å². The number of benzene rings is 3. The van der Waals surface area contributed by atoms with E-state index in [0.717, 1.165) is 29.0 Å². The van der Waals surface area contributed by atoms with Crippen molar-refractivity contribution in [2.24, 2.45) is 0 Å². The molecule has 0 aliphatic heterocycles. The summed E-state index contributed by atoms with van der Waals surface area (Å²) in [5.41, 5.74) is 4.82. The fraction of sp³-hybridized carbons (Fsp3) is 0.179. The largest absolute Gasteiger partial charge is 0.340 e. The highest BCUT2D eigenvalue weighted by molar-refractivity contribution is 5.96. The Morgan fingerprint density at radius 3 is 1.85 bits per heavy atom. The Kier molecular flexibility index (Phi) is 7.18. The topological polar surface area (TPSA) is 78.9 Å². The molecule has 6 nitrogen and oxygen atoms in total. The summed E-state index contributed by atoms with van der Waals surface area (Å²) in [6.07, 6.45) is 0.738. The summed E-state index contributed by atoms with van der Waals surface area (Å²) >= 11 is 0. The lowest BCUT2D eigenvalue weighted by molar-refractivity contribution is -0.117. The minimum absolute atomic E-state index is 0.00680. The van der Waals surface area contributed by atoms with Crippen LogP contribution in [0.25, 0.3) is 0 Å². The summed E-state index contributed by atoms with van der Waals surface area (Å²) in [6.45, 7) is 5.94. The smallest absolute Gasteiger partial charge is 0.231 e. The lowest BCUT2D eigenvalue weighted by atomic mass is 9.95. The summed E-state index contributed by atoms with van der Waals surface area (Å²) in [4.78, 5) is 21.8. The molecule has 0 bridgehead atoms. The van der Waals surface area contributed by atoms with Gasteiger partial charge < -0.3 is 16.0 Å². The third-order valence-electron chi connectivity index (χ3n) is 5.51. The van der Waals surface area contributed by atoms with Crippen molar-refractivity contribution in [3.05, 3.63) is 102 Å². The van der Waals surface area contributed by atoms with Gasteiger partial charge in [0.05, 0.1) is 5.92 Å². The second-order valence-electron chi connectivity index (χ2n) is 8.24. The van der Waals surface area contributed by atoms with Crippen LogP contribution in [0.3, 0.4) is 0 Å². The average molecular weight is 452 g/mol. The van der Waals surface area contributed by atoms with Crippen LogP contribution in [-0.4, -0.2) is 15.9 Å². The number of amides is 1. The fourth-order valence-corrected chi connectivity index (χ4v) is 3.75. The first-order valence-electron chi connectivity index (χ1n) is 11.4. The number of carbonyl (C=O) groups is 1. The molecular formula is C28H29N5O. The molecule has 1 aromatic heterocycles. The number of aryl methyl sites for hydroxylation is 2. The third-order valence-corrected chi connectivity index (χ3v) is 5.51. The number of nitrogens with zero attached hydrogens (tertiary/aromatic N) is 2. The molecule has 1 heterocycles. The van der Waals surface area contributed by atoms with Crippen LogP contribution in [0, 0.1) is 13.8 Å². The summed E-state index contributed by atoms with van der Waals surface area (Å²) in [5.74, 6) is 1.88. The van der Waals surface area contributed by atoms with E-state index in [1.807, 2.05) is 86.6 Å². The van der Waals surface area contributed by atoms with E-state index in [4.69, 9.17) is 0 Å². The zero-order chi connectivity index (χ0) is 23.9. The Bertz CT molecular complexity index is 1240. The summed E-state index contributed by atoms with van der Waals surface area (Å²) in [5, 5.41) is 9.67. The van der Waals surface area contributed by atoms with E-state index < -0.39 is 0 Å². The zero-order valence-electron chi connectivity index (χ0n) is 19.7. The third kappa shape index (κ3) is 5.98. The Morgan fingerprint density at radius 1 is 0.765 bits per heavy atom. The van der Waals surface area contributed by atoms with Gasteiger partial charge in [-0.2, -0.15) is 0 Å². The molecule has 4 aromatic rings. The summed E-state index contributed by atoms with van der Waals surface area (Å²) in [7, 11) is 0. The van der Waals surface area contributed by atoms with E-state index in [1.165, 1.54) is 5.56 Å². The van der Waals surface area contributed by atoms with E-state index in [0.29, 0.717) is 17.5 Å². The van der Waals surface area contributed by atoms with Crippen molar-refractivity contribution in [3.8, 4) is 0 Å². The molecule has 1 amide bonds. The second-order valence-corrected chi connectivity index (χ2v) is 8.24. The highest BCUT2D eigenvalue weighted by atomic mass is 16.1. The van der Waals surface area contributed by atoms with Gasteiger partial charge in [0.2, 0.25) is 5.91 Å². The van der Waals surface area contributed by atoms with E-state index in [9.17, 15) is 4.79 Å². The Balaban J connectivity index is 1.42. The number of anilines is 5. The van der Waals surface area contributed by atoms with Crippen LogP contribution in [0.15, 0.2) is 84.9 Å². The molecule has 172 valence electrons. The minimum atomic E-state index is -0.178. The van der Waals surface area contributed by atoms with Gasteiger partial charge in [-0.05, 0) is 62.2 Å². The van der Waals surface area contributed by atoms with E-state index in [-0.39, 0.29) is 11.8 Å². The fourth-order valence-electron chi connectivity index (χ4n) is 3.75. The molecule has 0 aliphatic rings. The Hall–Kier alpha value is -4.19. The minimum Gasteiger partial charge on any atom is -0.340 e. The monoisotopic (exact) mass is 451 g/mol. The number of rotatable bonds is 8. The summed E-state index contributed by atoms with van der Waals surface area (Å²) in [6, 6.07) is 27.5. The summed E-state index contributed by atoms with van der Waals surface area (Å²) < 4.78 is 0. The van der Waals surface area contributed by atoms with Crippen LogP contribution in [0.1, 0.15) is 36.2 Å². The van der Waals surface area contributed by atoms with Crippen molar-refractivity contribution in [1.29, 1.82) is 0 Å². The molecule has 3 aromatic carbocycles. The first-order valence-corrected chi connectivity index (χ1v) is 11.4. The maximum atomic E-state index is 12.8. The molecular weight excluding hydrogens is 422 g/mol. The Morgan fingerprint density at radius 2 is 1.29 bits per heavy atom. The van der Waals surface area contributed by atoms with Crippen LogP contribution >= 0.6 is 0 Å². The highest BCUT2D eigenvalue weighted by Crippen LogP contribution is 2.24. The molecule has 0 aliphatic carbocycles.